The first-order valence-electron chi connectivity index (χ1n) is 6.40. The Morgan fingerprint density at radius 3 is 3.00 bits per heavy atom. The van der Waals surface area contributed by atoms with E-state index in [0.717, 1.165) is 35.2 Å². The molecule has 3 rings (SSSR count). The fourth-order valence-electron chi connectivity index (χ4n) is 2.62. The van der Waals surface area contributed by atoms with E-state index < -0.39 is 0 Å². The lowest BCUT2D eigenvalue weighted by Gasteiger charge is -2.22. The molecule has 0 bridgehead atoms. The summed E-state index contributed by atoms with van der Waals surface area (Å²) in [6.45, 7) is 1.24. The van der Waals surface area contributed by atoms with Crippen LogP contribution in [0.5, 0.6) is 5.75 Å². The summed E-state index contributed by atoms with van der Waals surface area (Å²) in [5.41, 5.74) is 3.30. The van der Waals surface area contributed by atoms with Gasteiger partial charge in [0.2, 0.25) is 0 Å². The van der Waals surface area contributed by atoms with Crippen molar-refractivity contribution in [2.45, 2.75) is 12.5 Å². The second kappa shape index (κ2) is 5.15. The molecule has 0 radical (unpaired) electrons. The molecule has 1 aliphatic heterocycles. The third-order valence-corrected chi connectivity index (χ3v) is 3.55. The summed E-state index contributed by atoms with van der Waals surface area (Å²) in [5, 5.41) is 1.12. The van der Waals surface area contributed by atoms with Crippen LogP contribution in [0.15, 0.2) is 24.4 Å². The van der Waals surface area contributed by atoms with Crippen LogP contribution in [0.4, 0.5) is 0 Å². The maximum absolute atomic E-state index is 5.71. The van der Waals surface area contributed by atoms with Gasteiger partial charge in [-0.2, -0.15) is 0 Å². The van der Waals surface area contributed by atoms with Gasteiger partial charge in [0.25, 0.3) is 0 Å². The van der Waals surface area contributed by atoms with Crippen molar-refractivity contribution >= 4 is 10.9 Å². The zero-order valence-electron chi connectivity index (χ0n) is 11.2. The summed E-state index contributed by atoms with van der Waals surface area (Å²) >= 11 is 0. The van der Waals surface area contributed by atoms with E-state index in [9.17, 15) is 0 Å². The fourth-order valence-corrected chi connectivity index (χ4v) is 2.62. The molecule has 2 aromatic rings. The molecule has 1 atom stereocenters. The number of aromatic nitrogens is 1. The van der Waals surface area contributed by atoms with Crippen LogP contribution < -0.4 is 4.74 Å². The molecule has 1 aliphatic rings. The molecule has 19 heavy (non-hydrogen) atoms. The van der Waals surface area contributed by atoms with Crippen molar-refractivity contribution in [1.82, 2.24) is 4.98 Å². The maximum Gasteiger partial charge on any atom is 0.129 e. The normalized spacial score (nSPS) is 15.3. The molecule has 0 aliphatic carbocycles. The minimum Gasteiger partial charge on any atom is -0.493 e. The Morgan fingerprint density at radius 2 is 2.21 bits per heavy atom. The molecule has 0 N–H and O–H groups in total. The van der Waals surface area contributed by atoms with Gasteiger partial charge in [-0.25, -0.2) is 0 Å². The molecule has 1 unspecified atom stereocenters. The third-order valence-electron chi connectivity index (χ3n) is 3.55. The van der Waals surface area contributed by atoms with Gasteiger partial charge < -0.3 is 14.2 Å². The molecule has 4 nitrogen and oxygen atoms in total. The molecule has 0 saturated heterocycles. The Kier molecular flexibility index (Phi) is 3.36. The molecule has 4 heteroatoms. The van der Waals surface area contributed by atoms with Crippen molar-refractivity contribution in [2.75, 3.05) is 27.4 Å². The summed E-state index contributed by atoms with van der Waals surface area (Å²) in [7, 11) is 3.36. The molecular formula is C15H17NO3. The minimum atomic E-state index is -0.108. The Hall–Kier alpha value is -1.65. The van der Waals surface area contributed by atoms with Gasteiger partial charge in [-0.15, -0.1) is 0 Å². The fraction of sp³-hybridized carbons (Fsp3) is 0.400. The zero-order valence-corrected chi connectivity index (χ0v) is 11.2. The summed E-state index contributed by atoms with van der Waals surface area (Å²) in [5.74, 6) is 0.917. The summed E-state index contributed by atoms with van der Waals surface area (Å²) in [6.07, 6.45) is 2.68. The van der Waals surface area contributed by atoms with E-state index in [4.69, 9.17) is 14.2 Å². The lowest BCUT2D eigenvalue weighted by Crippen LogP contribution is -2.13. The Morgan fingerprint density at radius 1 is 1.32 bits per heavy atom. The van der Waals surface area contributed by atoms with Crippen molar-refractivity contribution in [1.29, 1.82) is 0 Å². The van der Waals surface area contributed by atoms with Gasteiger partial charge in [-0.05, 0) is 17.7 Å². The second-order valence-corrected chi connectivity index (χ2v) is 4.62. The second-order valence-electron chi connectivity index (χ2n) is 4.62. The van der Waals surface area contributed by atoms with Gasteiger partial charge in [0, 0.05) is 37.8 Å². The van der Waals surface area contributed by atoms with Gasteiger partial charge in [-0.1, -0.05) is 6.07 Å². The number of methoxy groups -OCH3 is 2. The van der Waals surface area contributed by atoms with E-state index in [0.29, 0.717) is 6.61 Å². The highest BCUT2D eigenvalue weighted by atomic mass is 16.5. The predicted octanol–water partition coefficient (Wildman–Crippen LogP) is 2.50. The standard InChI is InChI=1S/C15H17NO3/c1-17-9-13(18-2)11-3-4-12-14-10(6-8-19-12)5-7-16-15(11)14/h3-5,7,13H,6,8-9H2,1-2H3. The highest BCUT2D eigenvalue weighted by Gasteiger charge is 2.20. The Balaban J connectivity index is 2.20. The van der Waals surface area contributed by atoms with Gasteiger partial charge in [-0.3, -0.25) is 4.98 Å². The lowest BCUT2D eigenvalue weighted by molar-refractivity contribution is 0.0282. The van der Waals surface area contributed by atoms with Crippen LogP contribution in [0.2, 0.25) is 0 Å². The largest absolute Gasteiger partial charge is 0.493 e. The lowest BCUT2D eigenvalue weighted by atomic mass is 9.98. The van der Waals surface area contributed by atoms with Crippen molar-refractivity contribution in [3.8, 4) is 5.75 Å². The van der Waals surface area contributed by atoms with E-state index in [2.05, 4.69) is 11.1 Å². The SMILES string of the molecule is COCC(OC)c1ccc2c3c(ccnc13)CCO2. The molecule has 0 saturated carbocycles. The molecule has 100 valence electrons. The van der Waals surface area contributed by atoms with Crippen molar-refractivity contribution < 1.29 is 14.2 Å². The predicted molar refractivity (Wildman–Crippen MR) is 72.6 cm³/mol. The highest BCUT2D eigenvalue weighted by molar-refractivity contribution is 5.91. The first-order chi connectivity index (χ1) is 9.35. The van der Waals surface area contributed by atoms with Gasteiger partial charge in [0.1, 0.15) is 11.9 Å². The molecular weight excluding hydrogens is 242 g/mol. The summed E-state index contributed by atoms with van der Waals surface area (Å²) in [6, 6.07) is 6.09. The molecule has 0 fully saturated rings. The molecule has 1 aromatic heterocycles. The molecule has 0 amide bonds. The van der Waals surface area contributed by atoms with Crippen LogP contribution in [0.3, 0.4) is 0 Å². The van der Waals surface area contributed by atoms with Gasteiger partial charge >= 0.3 is 0 Å². The van der Waals surface area contributed by atoms with Crippen molar-refractivity contribution in [2.24, 2.45) is 0 Å². The average Bonchev–Trinajstić information content (AvgIpc) is 2.46. The zero-order chi connectivity index (χ0) is 13.2. The number of hydrogen-bond donors (Lipinski definition) is 0. The number of rotatable bonds is 4. The maximum atomic E-state index is 5.71. The molecule has 1 aromatic carbocycles. The quantitative estimate of drug-likeness (QED) is 0.846. The Labute approximate surface area is 112 Å². The minimum absolute atomic E-state index is 0.108. The van der Waals surface area contributed by atoms with Crippen molar-refractivity contribution in [3.05, 3.63) is 35.5 Å². The van der Waals surface area contributed by atoms with E-state index in [-0.39, 0.29) is 6.10 Å². The van der Waals surface area contributed by atoms with E-state index in [1.165, 1.54) is 5.56 Å². The van der Waals surface area contributed by atoms with Gasteiger partial charge in [0.15, 0.2) is 0 Å². The summed E-state index contributed by atoms with van der Waals surface area (Å²) in [4.78, 5) is 4.52. The average molecular weight is 259 g/mol. The van der Waals surface area contributed by atoms with Crippen LogP contribution in [0, 0.1) is 0 Å². The number of ether oxygens (including phenoxy) is 3. The van der Waals surface area contributed by atoms with E-state index in [1.54, 1.807) is 14.2 Å². The van der Waals surface area contributed by atoms with Crippen LogP contribution in [-0.4, -0.2) is 32.4 Å². The summed E-state index contributed by atoms with van der Waals surface area (Å²) < 4.78 is 16.4. The molecule has 0 spiro atoms. The highest BCUT2D eigenvalue weighted by Crippen LogP contribution is 2.36. The smallest absolute Gasteiger partial charge is 0.129 e. The molecule has 2 heterocycles. The Bertz CT molecular complexity index is 587. The van der Waals surface area contributed by atoms with Crippen LogP contribution in [0.25, 0.3) is 10.9 Å². The monoisotopic (exact) mass is 259 g/mol. The number of hydrogen-bond acceptors (Lipinski definition) is 4. The van der Waals surface area contributed by atoms with E-state index in [1.807, 2.05) is 18.3 Å². The first-order valence-corrected chi connectivity index (χ1v) is 6.40. The van der Waals surface area contributed by atoms with Gasteiger partial charge in [0.05, 0.1) is 18.7 Å². The third kappa shape index (κ3) is 2.07. The number of benzene rings is 1. The van der Waals surface area contributed by atoms with Crippen LogP contribution >= 0.6 is 0 Å². The number of pyridine rings is 1. The van der Waals surface area contributed by atoms with Crippen molar-refractivity contribution in [3.63, 3.8) is 0 Å². The van der Waals surface area contributed by atoms with Crippen LogP contribution in [-0.2, 0) is 15.9 Å². The number of nitrogens with zero attached hydrogens (tertiary/aromatic N) is 1. The first kappa shape index (κ1) is 12.4. The van der Waals surface area contributed by atoms with Crippen LogP contribution in [0.1, 0.15) is 17.2 Å². The topological polar surface area (TPSA) is 40.6 Å². The van der Waals surface area contributed by atoms with E-state index >= 15 is 0 Å².